The van der Waals surface area contributed by atoms with Crippen molar-refractivity contribution in [1.82, 2.24) is 9.88 Å². The fourth-order valence-corrected chi connectivity index (χ4v) is 8.59. The highest BCUT2D eigenvalue weighted by Gasteiger charge is 2.76. The molecule has 2 spiro atoms. The number of hydrogen-bond acceptors (Lipinski definition) is 6. The molecule has 9 atom stereocenters. The van der Waals surface area contributed by atoms with Crippen LogP contribution < -0.4 is 0 Å². The van der Waals surface area contributed by atoms with Gasteiger partial charge in [0.25, 0.3) is 0 Å². The van der Waals surface area contributed by atoms with Crippen molar-refractivity contribution in [1.29, 1.82) is 0 Å². The molecule has 0 radical (unpaired) electrons. The minimum atomic E-state index is -0.963. The van der Waals surface area contributed by atoms with Crippen molar-refractivity contribution in [3.63, 3.8) is 0 Å². The third-order valence-electron chi connectivity index (χ3n) is 10.3. The summed E-state index contributed by atoms with van der Waals surface area (Å²) in [6, 6.07) is 4.03. The molecule has 0 amide bonds. The zero-order valence-electron chi connectivity index (χ0n) is 19.4. The van der Waals surface area contributed by atoms with Gasteiger partial charge in [0.15, 0.2) is 0 Å². The van der Waals surface area contributed by atoms with E-state index in [9.17, 15) is 15.3 Å². The van der Waals surface area contributed by atoms with Gasteiger partial charge in [0, 0.05) is 30.3 Å². The molecule has 5 aliphatic rings. The quantitative estimate of drug-likeness (QED) is 0.655. The Bertz CT molecular complexity index is 952. The Morgan fingerprint density at radius 1 is 1.03 bits per heavy atom. The smallest absolute Gasteiger partial charge is 0.102 e. The van der Waals surface area contributed by atoms with Gasteiger partial charge in [-0.15, -0.1) is 0 Å². The molecule has 6 heteroatoms. The van der Waals surface area contributed by atoms with Crippen LogP contribution in [-0.4, -0.2) is 74.4 Å². The summed E-state index contributed by atoms with van der Waals surface area (Å²) in [5, 5.41) is 34.2. The van der Waals surface area contributed by atoms with E-state index in [4.69, 9.17) is 4.74 Å². The summed E-state index contributed by atoms with van der Waals surface area (Å²) >= 11 is 0. The summed E-state index contributed by atoms with van der Waals surface area (Å²) in [6.07, 6.45) is 9.71. The molecule has 9 unspecified atom stereocenters. The van der Waals surface area contributed by atoms with Gasteiger partial charge >= 0.3 is 0 Å². The largest absolute Gasteiger partial charge is 0.390 e. The van der Waals surface area contributed by atoms with Gasteiger partial charge in [-0.2, -0.15) is 0 Å². The minimum absolute atomic E-state index is 0.0559. The Kier molecular flexibility index (Phi) is 4.40. The summed E-state index contributed by atoms with van der Waals surface area (Å²) in [4.78, 5) is 6.21. The van der Waals surface area contributed by atoms with Gasteiger partial charge < -0.3 is 25.0 Å². The van der Waals surface area contributed by atoms with Crippen LogP contribution in [0.4, 0.5) is 0 Å². The number of ether oxygens (including phenoxy) is 1. The summed E-state index contributed by atoms with van der Waals surface area (Å²) in [5.74, 6) is -0.0215. The minimum Gasteiger partial charge on any atom is -0.390 e. The molecule has 2 bridgehead atoms. The molecule has 32 heavy (non-hydrogen) atoms. The van der Waals surface area contributed by atoms with Gasteiger partial charge in [-0.05, 0) is 87.7 Å². The molecule has 3 aliphatic carbocycles. The highest BCUT2D eigenvalue weighted by molar-refractivity contribution is 5.73. The second-order valence-corrected chi connectivity index (χ2v) is 11.7. The lowest BCUT2D eigenvalue weighted by Gasteiger charge is -2.65. The van der Waals surface area contributed by atoms with Crippen LogP contribution >= 0.6 is 0 Å². The molecular formula is C26H36N2O4. The Labute approximate surface area is 190 Å². The van der Waals surface area contributed by atoms with E-state index in [1.807, 2.05) is 31.4 Å². The van der Waals surface area contributed by atoms with Crippen LogP contribution in [0.5, 0.6) is 0 Å². The molecule has 6 nitrogen and oxygen atoms in total. The molecule has 3 heterocycles. The van der Waals surface area contributed by atoms with E-state index in [1.54, 1.807) is 0 Å². The highest BCUT2D eigenvalue weighted by Crippen LogP contribution is 2.71. The molecule has 2 saturated carbocycles. The summed E-state index contributed by atoms with van der Waals surface area (Å²) in [7, 11) is 3.92. The van der Waals surface area contributed by atoms with Crippen LogP contribution in [0.2, 0.25) is 0 Å². The van der Waals surface area contributed by atoms with Crippen molar-refractivity contribution in [2.45, 2.75) is 86.9 Å². The monoisotopic (exact) mass is 440 g/mol. The van der Waals surface area contributed by atoms with Gasteiger partial charge in [0.2, 0.25) is 0 Å². The predicted molar refractivity (Wildman–Crippen MR) is 121 cm³/mol. The second kappa shape index (κ2) is 6.63. The Hall–Kier alpha value is -1.31. The Morgan fingerprint density at radius 3 is 2.50 bits per heavy atom. The van der Waals surface area contributed by atoms with Crippen molar-refractivity contribution in [2.75, 3.05) is 14.1 Å². The first-order valence-corrected chi connectivity index (χ1v) is 12.2. The second-order valence-electron chi connectivity index (χ2n) is 11.7. The number of aromatic nitrogens is 1. The van der Waals surface area contributed by atoms with Gasteiger partial charge in [-0.25, -0.2) is 0 Å². The SMILES string of the molecule is CN(C)C1CC23CCC4(O2)C2CC=C(c5ccncc5)C2(C)CCC4(O)CC3C(O)C1O. The molecule has 0 aromatic carbocycles. The van der Waals surface area contributed by atoms with E-state index in [1.165, 1.54) is 11.1 Å². The molecule has 3 N–H and O–H groups in total. The van der Waals surface area contributed by atoms with Crippen LogP contribution in [0.1, 0.15) is 57.4 Å². The van der Waals surface area contributed by atoms with E-state index < -0.39 is 29.0 Å². The van der Waals surface area contributed by atoms with Crippen molar-refractivity contribution in [3.05, 3.63) is 36.2 Å². The van der Waals surface area contributed by atoms with Crippen LogP contribution in [0.25, 0.3) is 5.57 Å². The molecule has 4 fully saturated rings. The average molecular weight is 441 g/mol. The van der Waals surface area contributed by atoms with Gasteiger partial charge in [0.05, 0.1) is 23.4 Å². The first kappa shape index (κ1) is 21.2. The first-order valence-electron chi connectivity index (χ1n) is 12.2. The van der Waals surface area contributed by atoms with Gasteiger partial charge in [-0.1, -0.05) is 13.0 Å². The first-order chi connectivity index (χ1) is 15.2. The van der Waals surface area contributed by atoms with Crippen molar-refractivity contribution >= 4 is 5.57 Å². The zero-order valence-corrected chi connectivity index (χ0v) is 19.4. The number of aliphatic hydroxyl groups is 3. The third kappa shape index (κ3) is 2.45. The number of hydrogen-bond donors (Lipinski definition) is 3. The third-order valence-corrected chi connectivity index (χ3v) is 10.3. The maximum atomic E-state index is 12.1. The fraction of sp³-hybridized carbons (Fsp3) is 0.731. The van der Waals surface area contributed by atoms with E-state index in [-0.39, 0.29) is 23.3 Å². The highest BCUT2D eigenvalue weighted by atomic mass is 16.6. The maximum Gasteiger partial charge on any atom is 0.102 e. The van der Waals surface area contributed by atoms with E-state index in [2.05, 4.69) is 30.1 Å². The number of pyridine rings is 1. The van der Waals surface area contributed by atoms with E-state index >= 15 is 0 Å². The summed E-state index contributed by atoms with van der Waals surface area (Å²) in [5.41, 5.74) is 0.489. The average Bonchev–Trinajstić information content (AvgIpc) is 3.30. The fourth-order valence-electron chi connectivity index (χ4n) is 8.59. The number of aliphatic hydroxyl groups excluding tert-OH is 2. The van der Waals surface area contributed by atoms with Gasteiger partial charge in [0.1, 0.15) is 5.60 Å². The molecule has 6 rings (SSSR count). The molecule has 2 saturated heterocycles. The van der Waals surface area contributed by atoms with Crippen LogP contribution in [0.15, 0.2) is 30.6 Å². The number of fused-ring (bicyclic) bond motifs is 1. The topological polar surface area (TPSA) is 86.1 Å². The molecule has 174 valence electrons. The van der Waals surface area contributed by atoms with Gasteiger partial charge in [-0.3, -0.25) is 4.98 Å². The number of allylic oxidation sites excluding steroid dienone is 2. The van der Waals surface area contributed by atoms with Crippen molar-refractivity contribution in [2.24, 2.45) is 17.3 Å². The Morgan fingerprint density at radius 2 is 1.78 bits per heavy atom. The summed E-state index contributed by atoms with van der Waals surface area (Å²) < 4.78 is 7.15. The predicted octanol–water partition coefficient (Wildman–Crippen LogP) is 2.38. The molecular weight excluding hydrogens is 404 g/mol. The van der Waals surface area contributed by atoms with Crippen molar-refractivity contribution in [3.8, 4) is 0 Å². The number of nitrogens with zero attached hydrogens (tertiary/aromatic N) is 2. The van der Waals surface area contributed by atoms with E-state index in [0.717, 1.165) is 25.7 Å². The van der Waals surface area contributed by atoms with Crippen LogP contribution in [0.3, 0.4) is 0 Å². The van der Waals surface area contributed by atoms with E-state index in [0.29, 0.717) is 19.3 Å². The van der Waals surface area contributed by atoms with Crippen LogP contribution in [0, 0.1) is 17.3 Å². The molecule has 1 aromatic rings. The molecule has 2 aliphatic heterocycles. The lowest BCUT2D eigenvalue weighted by molar-refractivity contribution is -0.331. The van der Waals surface area contributed by atoms with Crippen LogP contribution in [-0.2, 0) is 4.74 Å². The standard InChI is InChI=1S/C26H36N2O4/c1-23-8-10-25(31)14-18-21(29)22(30)19(28(2)3)15-24(18)9-11-26(25,32-24)20(23)5-4-17(23)16-6-12-27-13-7-16/h4,6-7,12-13,18-22,29-31H,5,8-11,14-15H2,1-3H3. The molecule has 1 aromatic heterocycles. The lowest BCUT2D eigenvalue weighted by atomic mass is 9.51. The van der Waals surface area contributed by atoms with Crippen molar-refractivity contribution < 1.29 is 20.1 Å². The summed E-state index contributed by atoms with van der Waals surface area (Å²) in [6.45, 7) is 2.35. The number of likely N-dealkylation sites (N-methyl/N-ethyl adjacent to an activating group) is 1. The Balaban J connectivity index is 1.40. The number of rotatable bonds is 2. The normalized spacial score (nSPS) is 51.7. The zero-order chi connectivity index (χ0) is 22.5. The lowest BCUT2D eigenvalue weighted by Crippen LogP contribution is -2.73. The maximum absolute atomic E-state index is 12.1.